The van der Waals surface area contributed by atoms with Gasteiger partial charge in [0.2, 0.25) is 5.89 Å². The van der Waals surface area contributed by atoms with Gasteiger partial charge in [-0.1, -0.05) is 28.4 Å². The van der Waals surface area contributed by atoms with Crippen LogP contribution >= 0.6 is 47.4 Å². The van der Waals surface area contributed by atoms with E-state index in [1.807, 2.05) is 6.07 Å². The normalized spacial score (nSPS) is 18.7. The lowest BCUT2D eigenvalue weighted by molar-refractivity contribution is 0.190. The van der Waals surface area contributed by atoms with Crippen molar-refractivity contribution in [2.24, 2.45) is 0 Å². The van der Waals surface area contributed by atoms with Gasteiger partial charge in [-0.2, -0.15) is 4.98 Å². The van der Waals surface area contributed by atoms with Crippen LogP contribution in [0.1, 0.15) is 17.8 Å². The number of hydrogen-bond acceptors (Lipinski definition) is 6. The highest BCUT2D eigenvalue weighted by atomic mass is 35.5. The predicted molar refractivity (Wildman–Crippen MR) is 95.8 cm³/mol. The Hall–Kier alpha value is -0.500. The summed E-state index contributed by atoms with van der Waals surface area (Å²) in [6.07, 6.45) is 0. The van der Waals surface area contributed by atoms with Gasteiger partial charge in [0.25, 0.3) is 0 Å². The number of nitrogens with zero attached hydrogens (tertiary/aromatic N) is 3. The van der Waals surface area contributed by atoms with Crippen LogP contribution in [0.3, 0.4) is 0 Å². The number of likely N-dealkylation sites (N-methyl/N-ethyl adjacent to an activating group) is 1. The summed E-state index contributed by atoms with van der Waals surface area (Å²) in [6.45, 7) is 2.80. The van der Waals surface area contributed by atoms with Crippen molar-refractivity contribution in [1.29, 1.82) is 0 Å². The standard InChI is InChI=1S/C14H16Cl2N4OS.ClH/c1-20-5-4-17-7-11(20)14-18-13(21-19-14)8-22-12-6-9(15)2-3-10(12)16;/h2-3,6,11,17H,4-5,7-8H2,1H3;1H. The van der Waals surface area contributed by atoms with Crippen molar-refractivity contribution < 1.29 is 4.52 Å². The number of rotatable bonds is 4. The molecule has 0 saturated carbocycles. The molecule has 126 valence electrons. The minimum absolute atomic E-state index is 0. The summed E-state index contributed by atoms with van der Waals surface area (Å²) in [4.78, 5) is 7.63. The minimum Gasteiger partial charge on any atom is -0.338 e. The van der Waals surface area contributed by atoms with Crippen LogP contribution in [0, 0.1) is 0 Å². The number of nitrogens with one attached hydrogen (secondary N) is 1. The van der Waals surface area contributed by atoms with Gasteiger partial charge in [0, 0.05) is 29.6 Å². The first-order valence-electron chi connectivity index (χ1n) is 6.95. The van der Waals surface area contributed by atoms with Crippen molar-refractivity contribution in [1.82, 2.24) is 20.4 Å². The lowest BCUT2D eigenvalue weighted by atomic mass is 10.2. The molecule has 2 heterocycles. The zero-order valence-corrected chi connectivity index (χ0v) is 15.6. The van der Waals surface area contributed by atoms with Crippen molar-refractivity contribution in [3.8, 4) is 0 Å². The molecule has 3 rings (SSSR count). The van der Waals surface area contributed by atoms with E-state index in [-0.39, 0.29) is 18.4 Å². The number of hydrogen-bond donors (Lipinski definition) is 1. The third-order valence-electron chi connectivity index (χ3n) is 3.54. The lowest BCUT2D eigenvalue weighted by Crippen LogP contribution is -2.44. The summed E-state index contributed by atoms with van der Waals surface area (Å²) in [5.41, 5.74) is 0. The van der Waals surface area contributed by atoms with Crippen LogP contribution in [-0.4, -0.2) is 41.7 Å². The topological polar surface area (TPSA) is 54.2 Å². The Labute approximate surface area is 155 Å². The van der Waals surface area contributed by atoms with Gasteiger partial charge in [-0.15, -0.1) is 24.2 Å². The second kappa shape index (κ2) is 8.55. The molecule has 1 N–H and O–H groups in total. The van der Waals surface area contributed by atoms with Gasteiger partial charge in [-0.05, 0) is 25.2 Å². The maximum Gasteiger partial charge on any atom is 0.237 e. The SMILES string of the molecule is CN1CCNCC1c1noc(CSc2cc(Cl)ccc2Cl)n1.Cl. The van der Waals surface area contributed by atoms with E-state index in [4.69, 9.17) is 27.7 Å². The highest BCUT2D eigenvalue weighted by Gasteiger charge is 2.25. The van der Waals surface area contributed by atoms with Crippen LogP contribution in [0.25, 0.3) is 0 Å². The smallest absolute Gasteiger partial charge is 0.237 e. The third kappa shape index (κ3) is 4.75. The fourth-order valence-electron chi connectivity index (χ4n) is 2.28. The molecule has 0 amide bonds. The molecule has 23 heavy (non-hydrogen) atoms. The molecule has 1 saturated heterocycles. The fourth-order valence-corrected chi connectivity index (χ4v) is 3.61. The van der Waals surface area contributed by atoms with Crippen molar-refractivity contribution in [3.63, 3.8) is 0 Å². The molecule has 0 spiro atoms. The molecule has 0 bridgehead atoms. The van der Waals surface area contributed by atoms with Crippen LogP contribution in [0.15, 0.2) is 27.6 Å². The van der Waals surface area contributed by atoms with Crippen molar-refractivity contribution in [3.05, 3.63) is 40.0 Å². The largest absolute Gasteiger partial charge is 0.338 e. The number of aromatic nitrogens is 2. The molecule has 1 fully saturated rings. The quantitative estimate of drug-likeness (QED) is 0.797. The van der Waals surface area contributed by atoms with Crippen LogP contribution in [-0.2, 0) is 5.75 Å². The molecule has 9 heteroatoms. The summed E-state index contributed by atoms with van der Waals surface area (Å²) < 4.78 is 5.35. The van der Waals surface area contributed by atoms with Gasteiger partial charge in [0.15, 0.2) is 5.82 Å². The highest BCUT2D eigenvalue weighted by molar-refractivity contribution is 7.98. The molecule has 0 radical (unpaired) electrons. The molecule has 1 unspecified atom stereocenters. The van der Waals surface area contributed by atoms with Crippen molar-refractivity contribution in [2.45, 2.75) is 16.7 Å². The number of piperazine rings is 1. The molecule has 5 nitrogen and oxygen atoms in total. The lowest BCUT2D eigenvalue weighted by Gasteiger charge is -2.30. The van der Waals surface area contributed by atoms with Crippen LogP contribution in [0.2, 0.25) is 10.0 Å². The van der Waals surface area contributed by atoms with E-state index in [1.54, 1.807) is 12.1 Å². The summed E-state index contributed by atoms with van der Waals surface area (Å²) in [6, 6.07) is 5.55. The highest BCUT2D eigenvalue weighted by Crippen LogP contribution is 2.32. The Morgan fingerprint density at radius 2 is 2.26 bits per heavy atom. The van der Waals surface area contributed by atoms with Gasteiger partial charge < -0.3 is 9.84 Å². The molecule has 1 aromatic carbocycles. The minimum atomic E-state index is 0. The Morgan fingerprint density at radius 1 is 1.43 bits per heavy atom. The Morgan fingerprint density at radius 3 is 3.04 bits per heavy atom. The van der Waals surface area contributed by atoms with E-state index in [9.17, 15) is 0 Å². The maximum atomic E-state index is 6.15. The van der Waals surface area contributed by atoms with E-state index < -0.39 is 0 Å². The predicted octanol–water partition coefficient (Wildman–Crippen LogP) is 3.67. The van der Waals surface area contributed by atoms with E-state index >= 15 is 0 Å². The van der Waals surface area contributed by atoms with Crippen LogP contribution in [0.5, 0.6) is 0 Å². The second-order valence-electron chi connectivity index (χ2n) is 5.11. The number of halogens is 3. The van der Waals surface area contributed by atoms with E-state index in [2.05, 4.69) is 27.4 Å². The summed E-state index contributed by atoms with van der Waals surface area (Å²) in [5, 5.41) is 8.78. The zero-order valence-electron chi connectivity index (χ0n) is 12.5. The van der Waals surface area contributed by atoms with Crippen molar-refractivity contribution >= 4 is 47.4 Å². The van der Waals surface area contributed by atoms with Gasteiger partial charge in [-0.3, -0.25) is 4.90 Å². The fraction of sp³-hybridized carbons (Fsp3) is 0.429. The first-order valence-corrected chi connectivity index (χ1v) is 8.69. The molecule has 0 aliphatic carbocycles. The number of benzene rings is 1. The first kappa shape index (κ1) is 18.8. The summed E-state index contributed by atoms with van der Waals surface area (Å²) in [5.74, 6) is 1.88. The molecule has 1 aliphatic rings. The molecule has 2 aromatic rings. The Bertz CT molecular complexity index is 655. The molecular weight excluding hydrogens is 379 g/mol. The molecule has 1 aromatic heterocycles. The van der Waals surface area contributed by atoms with Gasteiger partial charge in [0.05, 0.1) is 16.8 Å². The number of thioether (sulfide) groups is 1. The average molecular weight is 396 g/mol. The van der Waals surface area contributed by atoms with E-state index in [0.29, 0.717) is 21.7 Å². The average Bonchev–Trinajstić information content (AvgIpc) is 2.97. The van der Waals surface area contributed by atoms with Gasteiger partial charge in [-0.25, -0.2) is 0 Å². The van der Waals surface area contributed by atoms with Crippen LogP contribution in [0.4, 0.5) is 0 Å². The van der Waals surface area contributed by atoms with E-state index in [1.165, 1.54) is 11.8 Å². The summed E-state index contributed by atoms with van der Waals surface area (Å²) >= 11 is 13.7. The second-order valence-corrected chi connectivity index (χ2v) is 6.97. The van der Waals surface area contributed by atoms with E-state index in [0.717, 1.165) is 30.4 Å². The van der Waals surface area contributed by atoms with Crippen molar-refractivity contribution in [2.75, 3.05) is 26.7 Å². The Kier molecular flexibility index (Phi) is 7.00. The van der Waals surface area contributed by atoms with Gasteiger partial charge in [0.1, 0.15) is 0 Å². The first-order chi connectivity index (χ1) is 10.6. The summed E-state index contributed by atoms with van der Waals surface area (Å²) in [7, 11) is 2.07. The molecule has 1 atom stereocenters. The van der Waals surface area contributed by atoms with Crippen LogP contribution < -0.4 is 5.32 Å². The monoisotopic (exact) mass is 394 g/mol. The molecular formula is C14H17Cl3N4OS. The van der Waals surface area contributed by atoms with Gasteiger partial charge >= 0.3 is 0 Å². The third-order valence-corrected chi connectivity index (χ3v) is 5.25. The zero-order chi connectivity index (χ0) is 15.5. The Balaban J connectivity index is 0.00000192. The molecule has 1 aliphatic heterocycles. The maximum absolute atomic E-state index is 6.15.